The van der Waals surface area contributed by atoms with Crippen molar-refractivity contribution in [2.24, 2.45) is 11.8 Å². The molecule has 3 rings (SSSR count). The Morgan fingerprint density at radius 1 is 1.23 bits per heavy atom. The fourth-order valence-corrected chi connectivity index (χ4v) is 2.85. The van der Waals surface area contributed by atoms with Crippen molar-refractivity contribution >= 4 is 5.97 Å². The third-order valence-electron chi connectivity index (χ3n) is 4.03. The van der Waals surface area contributed by atoms with E-state index in [9.17, 15) is 9.90 Å². The quantitative estimate of drug-likeness (QED) is 0.854. The Morgan fingerprint density at radius 2 is 1.82 bits per heavy atom. The first kappa shape index (κ1) is 14.7. The van der Waals surface area contributed by atoms with Crippen LogP contribution in [0.25, 0.3) is 0 Å². The molecular formula is C17H18N2O3. The van der Waals surface area contributed by atoms with Gasteiger partial charge in [-0.1, -0.05) is 12.1 Å². The monoisotopic (exact) mass is 298 g/mol. The molecule has 0 unspecified atom stereocenters. The second kappa shape index (κ2) is 5.85. The maximum atomic E-state index is 12.0. The molecule has 0 saturated heterocycles. The molecule has 2 atom stereocenters. The molecule has 1 saturated carbocycles. The molecule has 5 heteroatoms. The number of hydrogen-bond donors (Lipinski definition) is 1. The topological polar surface area (TPSA) is 72.3 Å². The molecule has 22 heavy (non-hydrogen) atoms. The van der Waals surface area contributed by atoms with Crippen molar-refractivity contribution in [2.75, 3.05) is 6.61 Å². The van der Waals surface area contributed by atoms with Gasteiger partial charge in [0.2, 0.25) is 0 Å². The highest BCUT2D eigenvalue weighted by Gasteiger charge is 2.59. The second-order valence-electron chi connectivity index (χ2n) is 5.40. The van der Waals surface area contributed by atoms with Crippen LogP contribution >= 0.6 is 0 Å². The summed E-state index contributed by atoms with van der Waals surface area (Å²) >= 11 is 0. The summed E-state index contributed by atoms with van der Waals surface area (Å²) < 4.78 is 5.07. The number of aliphatic hydroxyl groups is 1. The molecule has 2 heterocycles. The zero-order valence-electron chi connectivity index (χ0n) is 12.3. The molecule has 2 aromatic rings. The highest BCUT2D eigenvalue weighted by atomic mass is 16.5. The summed E-state index contributed by atoms with van der Waals surface area (Å²) in [4.78, 5) is 20.5. The highest BCUT2D eigenvalue weighted by Crippen LogP contribution is 2.53. The predicted octanol–water partition coefficient (Wildman–Crippen LogP) is 1.91. The van der Waals surface area contributed by atoms with Gasteiger partial charge in [-0.3, -0.25) is 14.8 Å². The van der Waals surface area contributed by atoms with E-state index in [0.717, 1.165) is 0 Å². The summed E-state index contributed by atoms with van der Waals surface area (Å²) in [6.07, 6.45) is 3.83. The molecule has 0 amide bonds. The lowest BCUT2D eigenvalue weighted by Crippen LogP contribution is -2.34. The molecule has 0 bridgehead atoms. The van der Waals surface area contributed by atoms with Crippen LogP contribution in [0.15, 0.2) is 48.8 Å². The van der Waals surface area contributed by atoms with Gasteiger partial charge in [0.05, 0.1) is 23.9 Å². The maximum absolute atomic E-state index is 12.0. The predicted molar refractivity (Wildman–Crippen MR) is 79.7 cm³/mol. The molecule has 114 valence electrons. The Labute approximate surface area is 129 Å². The van der Waals surface area contributed by atoms with Gasteiger partial charge in [-0.05, 0) is 37.6 Å². The number of esters is 1. The van der Waals surface area contributed by atoms with Gasteiger partial charge in [0.25, 0.3) is 0 Å². The van der Waals surface area contributed by atoms with Gasteiger partial charge in [-0.15, -0.1) is 0 Å². The Balaban J connectivity index is 1.98. The van der Waals surface area contributed by atoms with Crippen LogP contribution in [-0.2, 0) is 15.1 Å². The van der Waals surface area contributed by atoms with Crippen molar-refractivity contribution in [3.05, 3.63) is 60.2 Å². The summed E-state index contributed by atoms with van der Waals surface area (Å²) in [6.45, 7) is 2.12. The summed E-state index contributed by atoms with van der Waals surface area (Å²) in [7, 11) is 0. The van der Waals surface area contributed by atoms with E-state index >= 15 is 0 Å². The minimum atomic E-state index is -1.38. The first-order valence-electron chi connectivity index (χ1n) is 7.40. The van der Waals surface area contributed by atoms with Crippen molar-refractivity contribution in [2.45, 2.75) is 18.9 Å². The lowest BCUT2D eigenvalue weighted by atomic mass is 9.87. The van der Waals surface area contributed by atoms with Crippen LogP contribution in [0.4, 0.5) is 0 Å². The second-order valence-corrected chi connectivity index (χ2v) is 5.40. The van der Waals surface area contributed by atoms with Crippen LogP contribution in [-0.4, -0.2) is 27.7 Å². The number of hydrogen-bond acceptors (Lipinski definition) is 5. The molecule has 1 aliphatic carbocycles. The molecule has 1 aliphatic rings. The van der Waals surface area contributed by atoms with E-state index in [1.807, 2.05) is 12.1 Å². The zero-order chi connectivity index (χ0) is 15.6. The zero-order valence-corrected chi connectivity index (χ0v) is 12.3. The van der Waals surface area contributed by atoms with E-state index in [-0.39, 0.29) is 17.8 Å². The number of nitrogens with zero attached hydrogens (tertiary/aromatic N) is 2. The molecule has 5 nitrogen and oxygen atoms in total. The van der Waals surface area contributed by atoms with Crippen LogP contribution < -0.4 is 0 Å². The van der Waals surface area contributed by atoms with Gasteiger partial charge in [-0.25, -0.2) is 0 Å². The molecule has 0 aliphatic heterocycles. The average molecular weight is 298 g/mol. The fourth-order valence-electron chi connectivity index (χ4n) is 2.85. The average Bonchev–Trinajstić information content (AvgIpc) is 3.37. The largest absolute Gasteiger partial charge is 0.466 e. The van der Waals surface area contributed by atoms with Gasteiger partial charge in [0.1, 0.15) is 0 Å². The molecule has 0 spiro atoms. The lowest BCUT2D eigenvalue weighted by Gasteiger charge is -2.27. The Hall–Kier alpha value is -2.27. The van der Waals surface area contributed by atoms with Crippen molar-refractivity contribution < 1.29 is 14.6 Å². The van der Waals surface area contributed by atoms with E-state index in [4.69, 9.17) is 4.74 Å². The van der Waals surface area contributed by atoms with Crippen LogP contribution in [0.2, 0.25) is 0 Å². The highest BCUT2D eigenvalue weighted by molar-refractivity contribution is 5.76. The number of carbonyl (C=O) groups excluding carboxylic acids is 1. The van der Waals surface area contributed by atoms with Crippen LogP contribution in [0.1, 0.15) is 24.7 Å². The van der Waals surface area contributed by atoms with Gasteiger partial charge >= 0.3 is 5.97 Å². The Bertz CT molecular complexity index is 606. The van der Waals surface area contributed by atoms with Gasteiger partial charge in [-0.2, -0.15) is 0 Å². The minimum absolute atomic E-state index is 0.266. The maximum Gasteiger partial charge on any atom is 0.309 e. The van der Waals surface area contributed by atoms with Crippen molar-refractivity contribution in [1.82, 2.24) is 9.97 Å². The SMILES string of the molecule is CCOC(=O)[C@@H]1C[C@@H]1C(O)(c1ccccn1)c1ccccn1. The van der Waals surface area contributed by atoms with Crippen LogP contribution in [0, 0.1) is 11.8 Å². The normalized spacial score (nSPS) is 20.5. The number of carbonyl (C=O) groups is 1. The number of pyridine rings is 2. The summed E-state index contributed by atoms with van der Waals surface area (Å²) in [5.74, 6) is -0.844. The molecule has 1 fully saturated rings. The number of aromatic nitrogens is 2. The summed E-state index contributed by atoms with van der Waals surface area (Å²) in [5, 5.41) is 11.3. The van der Waals surface area contributed by atoms with Crippen molar-refractivity contribution in [3.8, 4) is 0 Å². The van der Waals surface area contributed by atoms with Crippen molar-refractivity contribution in [1.29, 1.82) is 0 Å². The third-order valence-corrected chi connectivity index (χ3v) is 4.03. The third kappa shape index (κ3) is 2.48. The first-order chi connectivity index (χ1) is 10.7. The summed E-state index contributed by atoms with van der Waals surface area (Å²) in [6, 6.07) is 10.7. The Morgan fingerprint density at radius 3 is 2.27 bits per heavy atom. The fraction of sp³-hybridized carbons (Fsp3) is 0.353. The van der Waals surface area contributed by atoms with E-state index in [1.165, 1.54) is 0 Å². The number of rotatable bonds is 5. The molecular weight excluding hydrogens is 280 g/mol. The molecule has 1 N–H and O–H groups in total. The van der Waals surface area contributed by atoms with Gasteiger partial charge in [0.15, 0.2) is 5.60 Å². The van der Waals surface area contributed by atoms with E-state index < -0.39 is 5.60 Å². The minimum Gasteiger partial charge on any atom is -0.466 e. The molecule has 2 aromatic heterocycles. The molecule has 0 aromatic carbocycles. The molecule has 0 radical (unpaired) electrons. The first-order valence-corrected chi connectivity index (χ1v) is 7.40. The lowest BCUT2D eigenvalue weighted by molar-refractivity contribution is -0.146. The van der Waals surface area contributed by atoms with Crippen molar-refractivity contribution in [3.63, 3.8) is 0 Å². The van der Waals surface area contributed by atoms with E-state index in [1.54, 1.807) is 43.6 Å². The van der Waals surface area contributed by atoms with Crippen LogP contribution in [0.5, 0.6) is 0 Å². The smallest absolute Gasteiger partial charge is 0.309 e. The standard InChI is InChI=1S/C17H18N2O3/c1-2-22-16(20)12-11-13(12)17(21,14-7-3-5-9-18-14)15-8-4-6-10-19-15/h3-10,12-13,21H,2,11H2,1H3/t12-,13+/m1/s1. The van der Waals surface area contributed by atoms with E-state index in [2.05, 4.69) is 9.97 Å². The number of ether oxygens (including phenoxy) is 1. The Kier molecular flexibility index (Phi) is 3.90. The van der Waals surface area contributed by atoms with Crippen LogP contribution in [0.3, 0.4) is 0 Å². The van der Waals surface area contributed by atoms with Gasteiger partial charge in [0, 0.05) is 18.3 Å². The summed E-state index contributed by atoms with van der Waals surface area (Å²) in [5.41, 5.74) is -0.365. The van der Waals surface area contributed by atoms with Gasteiger partial charge < -0.3 is 9.84 Å². The van der Waals surface area contributed by atoms with E-state index in [0.29, 0.717) is 24.4 Å².